The molecule has 1 atom stereocenters. The van der Waals surface area contributed by atoms with Crippen molar-refractivity contribution in [1.29, 1.82) is 0 Å². The summed E-state index contributed by atoms with van der Waals surface area (Å²) in [6.45, 7) is 12.5. The first-order chi connectivity index (χ1) is 8.95. The van der Waals surface area contributed by atoms with Crippen molar-refractivity contribution in [2.24, 2.45) is 5.41 Å². The van der Waals surface area contributed by atoms with Gasteiger partial charge < -0.3 is 10.2 Å². The van der Waals surface area contributed by atoms with Crippen molar-refractivity contribution in [3.05, 3.63) is 22.4 Å². The van der Waals surface area contributed by atoms with Crippen LogP contribution in [0.5, 0.6) is 0 Å². The van der Waals surface area contributed by atoms with Gasteiger partial charge in [-0.25, -0.2) is 0 Å². The second-order valence-corrected chi connectivity index (χ2v) is 7.30. The zero-order chi connectivity index (χ0) is 14.3. The Hall–Kier alpha value is -0.380. The molecule has 1 unspecified atom stereocenters. The lowest BCUT2D eigenvalue weighted by Gasteiger charge is -2.34. The monoisotopic (exact) mass is 282 g/mol. The Morgan fingerprint density at radius 3 is 2.68 bits per heavy atom. The van der Waals surface area contributed by atoms with Crippen molar-refractivity contribution in [2.75, 3.05) is 26.7 Å². The number of rotatable bonds is 9. The average molecular weight is 282 g/mol. The molecular formula is C16H30N2S. The van der Waals surface area contributed by atoms with Crippen LogP contribution in [-0.4, -0.2) is 37.6 Å². The van der Waals surface area contributed by atoms with Crippen LogP contribution < -0.4 is 5.32 Å². The number of thiophene rings is 1. The van der Waals surface area contributed by atoms with Crippen LogP contribution in [0.3, 0.4) is 0 Å². The summed E-state index contributed by atoms with van der Waals surface area (Å²) < 4.78 is 0. The van der Waals surface area contributed by atoms with Gasteiger partial charge in [-0.2, -0.15) is 0 Å². The first kappa shape index (κ1) is 16.7. The van der Waals surface area contributed by atoms with Crippen LogP contribution in [0.15, 0.2) is 17.5 Å². The fourth-order valence-electron chi connectivity index (χ4n) is 2.23. The van der Waals surface area contributed by atoms with Gasteiger partial charge in [0.2, 0.25) is 0 Å². The molecule has 0 aromatic carbocycles. The first-order valence-electron chi connectivity index (χ1n) is 7.39. The Balaban J connectivity index is 2.36. The minimum absolute atomic E-state index is 0.370. The minimum Gasteiger partial charge on any atom is -0.314 e. The second-order valence-electron chi connectivity index (χ2n) is 6.27. The number of hydrogen-bond acceptors (Lipinski definition) is 3. The minimum atomic E-state index is 0.370. The molecule has 110 valence electrons. The van der Waals surface area contributed by atoms with Crippen LogP contribution >= 0.6 is 11.3 Å². The fourth-order valence-corrected chi connectivity index (χ4v) is 2.93. The lowest BCUT2D eigenvalue weighted by Crippen LogP contribution is -2.43. The van der Waals surface area contributed by atoms with Crippen molar-refractivity contribution in [3.63, 3.8) is 0 Å². The summed E-state index contributed by atoms with van der Waals surface area (Å²) in [7, 11) is 2.25. The van der Waals surface area contributed by atoms with Gasteiger partial charge in [-0.3, -0.25) is 0 Å². The highest BCUT2D eigenvalue weighted by molar-refractivity contribution is 7.09. The summed E-state index contributed by atoms with van der Waals surface area (Å²) >= 11 is 1.86. The molecule has 1 rings (SSSR count). The van der Waals surface area contributed by atoms with Gasteiger partial charge >= 0.3 is 0 Å². The highest BCUT2D eigenvalue weighted by Gasteiger charge is 2.23. The molecule has 0 saturated heterocycles. The number of likely N-dealkylation sites (N-methyl/N-ethyl adjacent to an activating group) is 1. The molecule has 0 radical (unpaired) electrons. The van der Waals surface area contributed by atoms with Gasteiger partial charge in [0, 0.05) is 30.6 Å². The van der Waals surface area contributed by atoms with Gasteiger partial charge in [-0.05, 0) is 36.8 Å². The number of nitrogens with zero attached hydrogens (tertiary/aromatic N) is 1. The predicted octanol–water partition coefficient (Wildman–Crippen LogP) is 3.64. The Morgan fingerprint density at radius 2 is 2.16 bits per heavy atom. The van der Waals surface area contributed by atoms with Crippen molar-refractivity contribution >= 4 is 11.3 Å². The van der Waals surface area contributed by atoms with E-state index < -0.39 is 0 Å². The van der Waals surface area contributed by atoms with Crippen LogP contribution in [-0.2, 0) is 6.42 Å². The third-order valence-electron chi connectivity index (χ3n) is 3.76. The number of hydrogen-bond donors (Lipinski definition) is 1. The molecule has 0 amide bonds. The zero-order valence-corrected chi connectivity index (χ0v) is 14.0. The van der Waals surface area contributed by atoms with Crippen molar-refractivity contribution < 1.29 is 0 Å². The molecular weight excluding hydrogens is 252 g/mol. The summed E-state index contributed by atoms with van der Waals surface area (Å²) in [5.74, 6) is 0. The van der Waals surface area contributed by atoms with Crippen LogP contribution in [0.4, 0.5) is 0 Å². The van der Waals surface area contributed by atoms with Gasteiger partial charge in [0.05, 0.1) is 0 Å². The molecule has 0 aliphatic heterocycles. The first-order valence-corrected chi connectivity index (χ1v) is 8.27. The molecule has 0 aliphatic rings. The smallest absolute Gasteiger partial charge is 0.00579 e. The van der Waals surface area contributed by atoms with Crippen molar-refractivity contribution in [3.8, 4) is 0 Å². The Morgan fingerprint density at radius 1 is 1.42 bits per heavy atom. The highest BCUT2D eigenvalue weighted by Crippen LogP contribution is 2.21. The van der Waals surface area contributed by atoms with Gasteiger partial charge in [0.25, 0.3) is 0 Å². The molecule has 1 aromatic rings. The largest absolute Gasteiger partial charge is 0.314 e. The summed E-state index contributed by atoms with van der Waals surface area (Å²) in [5, 5.41) is 5.75. The third kappa shape index (κ3) is 6.55. The standard InChI is InChI=1S/C16H30N2S/c1-6-16(4,12-17-14(2)3)13-18(5)10-9-15-8-7-11-19-15/h7-8,11,14,17H,6,9-10,12-13H2,1-5H3. The lowest BCUT2D eigenvalue weighted by atomic mass is 9.86. The van der Waals surface area contributed by atoms with Crippen LogP contribution in [0, 0.1) is 5.41 Å². The Bertz CT molecular complexity index is 335. The van der Waals surface area contributed by atoms with E-state index in [1.165, 1.54) is 17.7 Å². The van der Waals surface area contributed by atoms with Gasteiger partial charge in [0.15, 0.2) is 0 Å². The molecule has 0 fully saturated rings. The molecule has 0 bridgehead atoms. The van der Waals surface area contributed by atoms with E-state index in [1.54, 1.807) is 0 Å². The van der Waals surface area contributed by atoms with E-state index in [0.717, 1.165) is 19.6 Å². The topological polar surface area (TPSA) is 15.3 Å². The van der Waals surface area contributed by atoms with Crippen molar-refractivity contribution in [2.45, 2.75) is 46.6 Å². The van der Waals surface area contributed by atoms with Crippen LogP contribution in [0.1, 0.15) is 39.0 Å². The molecule has 1 aromatic heterocycles. The summed E-state index contributed by atoms with van der Waals surface area (Å²) in [4.78, 5) is 3.97. The van der Waals surface area contributed by atoms with Crippen LogP contribution in [0.25, 0.3) is 0 Å². The Kier molecular flexibility index (Phi) is 7.05. The van der Waals surface area contributed by atoms with E-state index in [4.69, 9.17) is 0 Å². The zero-order valence-electron chi connectivity index (χ0n) is 13.2. The molecule has 1 heterocycles. The predicted molar refractivity (Wildman–Crippen MR) is 87.1 cm³/mol. The van der Waals surface area contributed by atoms with E-state index in [2.05, 4.69) is 62.5 Å². The SMILES string of the molecule is CCC(C)(CNC(C)C)CN(C)CCc1cccs1. The fraction of sp³-hybridized carbons (Fsp3) is 0.750. The molecule has 0 saturated carbocycles. The van der Waals surface area contributed by atoms with Crippen molar-refractivity contribution in [1.82, 2.24) is 10.2 Å². The normalized spacial score (nSPS) is 15.1. The quantitative estimate of drug-likeness (QED) is 0.744. The van der Waals surface area contributed by atoms with Gasteiger partial charge in [0.1, 0.15) is 0 Å². The van der Waals surface area contributed by atoms with E-state index in [-0.39, 0.29) is 0 Å². The average Bonchev–Trinajstić information content (AvgIpc) is 2.87. The second kappa shape index (κ2) is 8.03. The lowest BCUT2D eigenvalue weighted by molar-refractivity contribution is 0.178. The van der Waals surface area contributed by atoms with Crippen LogP contribution in [0.2, 0.25) is 0 Å². The van der Waals surface area contributed by atoms with E-state index >= 15 is 0 Å². The summed E-state index contributed by atoms with van der Waals surface area (Å²) in [6, 6.07) is 4.95. The molecule has 3 heteroatoms. The summed E-state index contributed by atoms with van der Waals surface area (Å²) in [5.41, 5.74) is 0.370. The molecule has 0 spiro atoms. The molecule has 2 nitrogen and oxygen atoms in total. The molecule has 19 heavy (non-hydrogen) atoms. The van der Waals surface area contributed by atoms with Gasteiger partial charge in [-0.1, -0.05) is 33.8 Å². The van der Waals surface area contributed by atoms with E-state index in [1.807, 2.05) is 11.3 Å². The maximum Gasteiger partial charge on any atom is 0.00579 e. The molecule has 0 aliphatic carbocycles. The van der Waals surface area contributed by atoms with Gasteiger partial charge in [-0.15, -0.1) is 11.3 Å². The third-order valence-corrected chi connectivity index (χ3v) is 4.70. The maximum absolute atomic E-state index is 3.59. The van der Waals surface area contributed by atoms with E-state index in [0.29, 0.717) is 11.5 Å². The molecule has 1 N–H and O–H groups in total. The Labute approximate surface area is 123 Å². The van der Waals surface area contributed by atoms with E-state index in [9.17, 15) is 0 Å². The highest BCUT2D eigenvalue weighted by atomic mass is 32.1. The maximum atomic E-state index is 3.59. The summed E-state index contributed by atoms with van der Waals surface area (Å²) in [6.07, 6.45) is 2.39. The number of nitrogens with one attached hydrogen (secondary N) is 1.